The molecule has 0 heterocycles. The van der Waals surface area contributed by atoms with E-state index in [0.29, 0.717) is 17.8 Å². The molecule has 4 saturated carbocycles. The van der Waals surface area contributed by atoms with Gasteiger partial charge in [-0.2, -0.15) is 0 Å². The van der Waals surface area contributed by atoms with Crippen molar-refractivity contribution in [1.82, 2.24) is 5.32 Å². The van der Waals surface area contributed by atoms with Crippen molar-refractivity contribution in [2.75, 3.05) is 0 Å². The predicted molar refractivity (Wildman–Crippen MR) is 99.2 cm³/mol. The second-order valence-electron chi connectivity index (χ2n) is 8.74. The Morgan fingerprint density at radius 2 is 1.59 bits per heavy atom. The molecule has 154 valence electrons. The first-order valence-corrected chi connectivity index (χ1v) is 9.65. The van der Waals surface area contributed by atoms with Crippen LogP contribution in [0.2, 0.25) is 0 Å². The minimum atomic E-state index is -1.15. The van der Waals surface area contributed by atoms with E-state index in [9.17, 15) is 34.9 Å². The van der Waals surface area contributed by atoms with Gasteiger partial charge < -0.3 is 10.4 Å². The van der Waals surface area contributed by atoms with Crippen molar-refractivity contribution in [3.8, 4) is 0 Å². The lowest BCUT2D eigenvalue weighted by molar-refractivity contribution is -0.394. The molecule has 0 spiro atoms. The molecule has 5 rings (SSSR count). The van der Waals surface area contributed by atoms with Crippen LogP contribution in [0, 0.1) is 43.4 Å². The van der Waals surface area contributed by atoms with E-state index in [2.05, 4.69) is 5.32 Å². The second kappa shape index (κ2) is 6.78. The number of carboxylic acids is 1. The number of carboxylic acid groups (broad SMARTS) is 1. The Kier molecular flexibility index (Phi) is 4.51. The molecule has 4 aliphatic carbocycles. The largest absolute Gasteiger partial charge is 0.480 e. The minimum absolute atomic E-state index is 0.378. The van der Waals surface area contributed by atoms with E-state index in [1.807, 2.05) is 0 Å². The molecular formula is C19H21N3O7. The molecule has 4 aliphatic rings. The number of rotatable bonds is 6. The standard InChI is InChI=1S/C19H21N3O7/c23-17(14-2-1-13(21(26)27)6-15(14)22(28)29)20-16(18(24)25)19-7-10-3-11(8-19)5-12(4-10)9-19/h1-2,6,10-12,16H,3-5,7-9H2,(H,20,23)(H,24,25)/t10?,11?,12?,16-,19?/m1/s1. The number of hydrogen-bond acceptors (Lipinski definition) is 6. The summed E-state index contributed by atoms with van der Waals surface area (Å²) in [5.41, 5.74) is -2.14. The maximum absolute atomic E-state index is 12.8. The summed E-state index contributed by atoms with van der Waals surface area (Å²) in [6.45, 7) is 0. The summed E-state index contributed by atoms with van der Waals surface area (Å²) in [5, 5.41) is 34.6. The Hall–Kier alpha value is -3.04. The van der Waals surface area contributed by atoms with Crippen molar-refractivity contribution in [3.05, 3.63) is 44.0 Å². The first-order chi connectivity index (χ1) is 13.7. The normalized spacial score (nSPS) is 30.6. The number of amides is 1. The first-order valence-electron chi connectivity index (χ1n) is 9.65. The molecule has 0 unspecified atom stereocenters. The maximum atomic E-state index is 12.8. The molecule has 0 radical (unpaired) electrons. The lowest BCUT2D eigenvalue weighted by atomic mass is 9.47. The van der Waals surface area contributed by atoms with Crippen LogP contribution in [0.1, 0.15) is 48.9 Å². The van der Waals surface area contributed by atoms with Crippen LogP contribution >= 0.6 is 0 Å². The summed E-state index contributed by atoms with van der Waals surface area (Å²) in [5.74, 6) is -0.643. The zero-order valence-corrected chi connectivity index (χ0v) is 15.6. The van der Waals surface area contributed by atoms with Crippen LogP contribution in [-0.2, 0) is 4.79 Å². The Labute approximate surface area is 165 Å². The molecule has 1 atom stereocenters. The lowest BCUT2D eigenvalue weighted by Gasteiger charge is -2.58. The predicted octanol–water partition coefficient (Wildman–Crippen LogP) is 2.90. The fourth-order valence-electron chi connectivity index (χ4n) is 6.19. The molecule has 1 aromatic rings. The number of carbonyl (C=O) groups is 2. The quantitative estimate of drug-likeness (QED) is 0.547. The van der Waals surface area contributed by atoms with Gasteiger partial charge in [0, 0.05) is 11.5 Å². The molecule has 1 amide bonds. The third-order valence-corrected chi connectivity index (χ3v) is 6.85. The highest BCUT2D eigenvalue weighted by Crippen LogP contribution is 2.61. The minimum Gasteiger partial charge on any atom is -0.480 e. The summed E-state index contributed by atoms with van der Waals surface area (Å²) < 4.78 is 0. The van der Waals surface area contributed by atoms with Crippen molar-refractivity contribution in [2.24, 2.45) is 23.2 Å². The number of nitrogens with zero attached hydrogens (tertiary/aromatic N) is 2. The Bertz CT molecular complexity index is 878. The third kappa shape index (κ3) is 3.32. The van der Waals surface area contributed by atoms with E-state index < -0.39 is 44.6 Å². The van der Waals surface area contributed by atoms with E-state index in [4.69, 9.17) is 0 Å². The van der Waals surface area contributed by atoms with E-state index in [-0.39, 0.29) is 5.56 Å². The van der Waals surface area contributed by atoms with Crippen molar-refractivity contribution in [1.29, 1.82) is 0 Å². The summed E-state index contributed by atoms with van der Waals surface area (Å²) in [6.07, 6.45) is 5.52. The number of non-ortho nitro benzene ring substituents is 1. The average Bonchev–Trinajstić information content (AvgIpc) is 2.63. The summed E-state index contributed by atoms with van der Waals surface area (Å²) >= 11 is 0. The third-order valence-electron chi connectivity index (χ3n) is 6.85. The van der Waals surface area contributed by atoms with Gasteiger partial charge in [0.1, 0.15) is 11.6 Å². The zero-order valence-electron chi connectivity index (χ0n) is 15.6. The van der Waals surface area contributed by atoms with Crippen LogP contribution in [0.4, 0.5) is 11.4 Å². The van der Waals surface area contributed by atoms with Crippen molar-refractivity contribution >= 4 is 23.3 Å². The highest BCUT2D eigenvalue weighted by Gasteiger charge is 2.56. The molecule has 0 aromatic heterocycles. The molecule has 2 N–H and O–H groups in total. The van der Waals surface area contributed by atoms with Gasteiger partial charge in [-0.3, -0.25) is 25.0 Å². The maximum Gasteiger partial charge on any atom is 0.326 e. The van der Waals surface area contributed by atoms with Gasteiger partial charge in [0.25, 0.3) is 17.3 Å². The monoisotopic (exact) mass is 403 g/mol. The van der Waals surface area contributed by atoms with E-state index in [0.717, 1.165) is 56.7 Å². The highest BCUT2D eigenvalue weighted by molar-refractivity contribution is 6.00. The lowest BCUT2D eigenvalue weighted by Crippen LogP contribution is -2.59. The number of hydrogen-bond donors (Lipinski definition) is 2. The summed E-state index contributed by atoms with van der Waals surface area (Å²) in [7, 11) is 0. The van der Waals surface area contributed by atoms with Gasteiger partial charge in [-0.15, -0.1) is 0 Å². The van der Waals surface area contributed by atoms with Crippen molar-refractivity contribution < 1.29 is 24.5 Å². The Morgan fingerprint density at radius 3 is 2.03 bits per heavy atom. The molecule has 4 fully saturated rings. The SMILES string of the molecule is O=C(N[C@H](C(=O)O)C12CC3CC(CC(C3)C1)C2)c1ccc([N+](=O)[O-])cc1[N+](=O)[O-]. The number of nitro groups is 2. The number of nitro benzene ring substituents is 2. The molecule has 0 saturated heterocycles. The van der Waals surface area contributed by atoms with E-state index in [1.165, 1.54) is 0 Å². The summed E-state index contributed by atoms with van der Waals surface area (Å²) in [6, 6.07) is 1.58. The van der Waals surface area contributed by atoms with Gasteiger partial charge in [0.15, 0.2) is 0 Å². The Balaban J connectivity index is 1.63. The van der Waals surface area contributed by atoms with Crippen LogP contribution in [0.15, 0.2) is 18.2 Å². The fourth-order valence-corrected chi connectivity index (χ4v) is 6.19. The van der Waals surface area contributed by atoms with Crippen LogP contribution in [0.3, 0.4) is 0 Å². The molecule has 10 heteroatoms. The van der Waals surface area contributed by atoms with Gasteiger partial charge in [-0.1, -0.05) is 0 Å². The van der Waals surface area contributed by atoms with E-state index in [1.54, 1.807) is 0 Å². The van der Waals surface area contributed by atoms with Crippen molar-refractivity contribution in [3.63, 3.8) is 0 Å². The smallest absolute Gasteiger partial charge is 0.326 e. The number of carbonyl (C=O) groups excluding carboxylic acids is 1. The molecule has 1 aromatic carbocycles. The Morgan fingerprint density at radius 1 is 1.03 bits per heavy atom. The summed E-state index contributed by atoms with van der Waals surface area (Å²) in [4.78, 5) is 45.5. The second-order valence-corrected chi connectivity index (χ2v) is 8.74. The topological polar surface area (TPSA) is 153 Å². The fraction of sp³-hybridized carbons (Fsp3) is 0.579. The number of nitrogens with one attached hydrogen (secondary N) is 1. The van der Waals surface area contributed by atoms with Gasteiger partial charge in [-0.05, 0) is 62.3 Å². The van der Waals surface area contributed by atoms with Crippen molar-refractivity contribution in [2.45, 2.75) is 44.6 Å². The van der Waals surface area contributed by atoms with Gasteiger partial charge in [0.2, 0.25) is 0 Å². The molecular weight excluding hydrogens is 382 g/mol. The van der Waals surface area contributed by atoms with E-state index >= 15 is 0 Å². The first kappa shape index (κ1) is 19.3. The zero-order chi connectivity index (χ0) is 20.9. The van der Waals surface area contributed by atoms with Crippen LogP contribution in [0.5, 0.6) is 0 Å². The number of benzene rings is 1. The van der Waals surface area contributed by atoms with Gasteiger partial charge in [-0.25, -0.2) is 4.79 Å². The average molecular weight is 403 g/mol. The van der Waals surface area contributed by atoms with Crippen LogP contribution < -0.4 is 5.32 Å². The molecule has 4 bridgehead atoms. The molecule has 29 heavy (non-hydrogen) atoms. The number of aliphatic carboxylic acids is 1. The van der Waals surface area contributed by atoms with Crippen LogP contribution in [0.25, 0.3) is 0 Å². The van der Waals surface area contributed by atoms with Gasteiger partial charge >= 0.3 is 5.97 Å². The van der Waals surface area contributed by atoms with Crippen LogP contribution in [-0.4, -0.2) is 32.9 Å². The van der Waals surface area contributed by atoms with Gasteiger partial charge in [0.05, 0.1) is 15.9 Å². The molecule has 10 nitrogen and oxygen atoms in total. The highest BCUT2D eigenvalue weighted by atomic mass is 16.6. The molecule has 0 aliphatic heterocycles.